The summed E-state index contributed by atoms with van der Waals surface area (Å²) in [6.45, 7) is 8.04. The maximum Gasteiger partial charge on any atom is 0.241 e. The van der Waals surface area contributed by atoms with Gasteiger partial charge in [-0.1, -0.05) is 29.4 Å². The zero-order valence-corrected chi connectivity index (χ0v) is 12.0. The van der Waals surface area contributed by atoms with Crippen LogP contribution in [0.3, 0.4) is 0 Å². The average Bonchev–Trinajstić information content (AvgIpc) is 2.90. The Labute approximate surface area is 119 Å². The van der Waals surface area contributed by atoms with Gasteiger partial charge in [0.05, 0.1) is 6.54 Å². The second-order valence-electron chi connectivity index (χ2n) is 5.35. The molecule has 3 rings (SSSR count). The average molecular weight is 272 g/mol. The maximum absolute atomic E-state index is 5.40. The van der Waals surface area contributed by atoms with Crippen LogP contribution in [0.25, 0.3) is 11.4 Å². The molecule has 1 aromatic heterocycles. The van der Waals surface area contributed by atoms with Crippen molar-refractivity contribution in [2.75, 3.05) is 19.6 Å². The molecule has 2 aromatic rings. The number of nitrogens with zero attached hydrogens (tertiary/aromatic N) is 3. The van der Waals surface area contributed by atoms with Crippen LogP contribution in [0.2, 0.25) is 0 Å². The van der Waals surface area contributed by atoms with E-state index in [0.29, 0.717) is 17.8 Å². The lowest BCUT2D eigenvalue weighted by Gasteiger charge is -2.32. The molecule has 1 fully saturated rings. The van der Waals surface area contributed by atoms with Crippen LogP contribution in [0.15, 0.2) is 28.8 Å². The third-order valence-corrected chi connectivity index (χ3v) is 3.83. The third kappa shape index (κ3) is 2.73. The van der Waals surface area contributed by atoms with Crippen molar-refractivity contribution in [1.82, 2.24) is 20.4 Å². The molecule has 1 saturated heterocycles. The molecule has 0 unspecified atom stereocenters. The van der Waals surface area contributed by atoms with Gasteiger partial charge in [-0.05, 0) is 19.4 Å². The summed E-state index contributed by atoms with van der Waals surface area (Å²) in [5.74, 6) is 1.37. The molecule has 0 spiro atoms. The summed E-state index contributed by atoms with van der Waals surface area (Å²) in [4.78, 5) is 6.90. The van der Waals surface area contributed by atoms with E-state index >= 15 is 0 Å². The normalized spacial score (nSPS) is 20.2. The summed E-state index contributed by atoms with van der Waals surface area (Å²) < 4.78 is 5.40. The van der Waals surface area contributed by atoms with E-state index in [1.165, 1.54) is 0 Å². The predicted molar refractivity (Wildman–Crippen MR) is 77.2 cm³/mol. The summed E-state index contributed by atoms with van der Waals surface area (Å²) in [5.41, 5.74) is 2.20. The number of nitrogens with one attached hydrogen (secondary N) is 1. The molecule has 5 heteroatoms. The van der Waals surface area contributed by atoms with Crippen molar-refractivity contribution in [1.29, 1.82) is 0 Å². The van der Waals surface area contributed by atoms with E-state index in [1.807, 2.05) is 18.2 Å². The Balaban J connectivity index is 1.75. The fourth-order valence-electron chi connectivity index (χ4n) is 2.54. The van der Waals surface area contributed by atoms with E-state index in [1.54, 1.807) is 0 Å². The number of benzene rings is 1. The first kappa shape index (κ1) is 13.3. The van der Waals surface area contributed by atoms with Gasteiger partial charge in [0.15, 0.2) is 0 Å². The van der Waals surface area contributed by atoms with Crippen molar-refractivity contribution in [2.45, 2.75) is 26.4 Å². The third-order valence-electron chi connectivity index (χ3n) is 3.83. The van der Waals surface area contributed by atoms with Crippen LogP contribution in [-0.2, 0) is 6.54 Å². The van der Waals surface area contributed by atoms with E-state index in [-0.39, 0.29) is 0 Å². The van der Waals surface area contributed by atoms with Crippen molar-refractivity contribution >= 4 is 0 Å². The molecule has 0 amide bonds. The SMILES string of the molecule is Cc1ccccc1-c1noc(CN2CCNC[C@@H]2C)n1. The van der Waals surface area contributed by atoms with E-state index in [2.05, 4.69) is 40.3 Å². The first-order valence-electron chi connectivity index (χ1n) is 7.07. The molecule has 1 N–H and O–H groups in total. The minimum absolute atomic E-state index is 0.498. The number of rotatable bonds is 3. The molecule has 1 atom stereocenters. The minimum atomic E-state index is 0.498. The Morgan fingerprint density at radius 2 is 2.25 bits per heavy atom. The van der Waals surface area contributed by atoms with E-state index in [4.69, 9.17) is 4.52 Å². The first-order chi connectivity index (χ1) is 9.74. The summed E-state index contributed by atoms with van der Waals surface area (Å²) in [7, 11) is 0. The van der Waals surface area contributed by atoms with Gasteiger partial charge in [0.2, 0.25) is 11.7 Å². The number of piperazine rings is 1. The minimum Gasteiger partial charge on any atom is -0.338 e. The molecule has 5 nitrogen and oxygen atoms in total. The highest BCUT2D eigenvalue weighted by Crippen LogP contribution is 2.20. The quantitative estimate of drug-likeness (QED) is 0.924. The predicted octanol–water partition coefficient (Wildman–Crippen LogP) is 1.84. The van der Waals surface area contributed by atoms with Crippen LogP contribution in [0, 0.1) is 6.92 Å². The zero-order valence-electron chi connectivity index (χ0n) is 12.0. The standard InChI is InChI=1S/C15H20N4O/c1-11-5-3-4-6-13(11)15-17-14(20-18-15)10-19-8-7-16-9-12(19)2/h3-6,12,16H,7-10H2,1-2H3/t12-/m0/s1. The van der Waals surface area contributed by atoms with Gasteiger partial charge in [0, 0.05) is 31.2 Å². The van der Waals surface area contributed by atoms with Crippen LogP contribution in [-0.4, -0.2) is 40.7 Å². The molecular weight excluding hydrogens is 252 g/mol. The van der Waals surface area contributed by atoms with E-state index in [9.17, 15) is 0 Å². The Morgan fingerprint density at radius 1 is 1.40 bits per heavy atom. The van der Waals surface area contributed by atoms with Gasteiger partial charge in [-0.25, -0.2) is 0 Å². The number of aryl methyl sites for hydroxylation is 1. The molecule has 1 aliphatic rings. The topological polar surface area (TPSA) is 54.2 Å². The lowest BCUT2D eigenvalue weighted by atomic mass is 10.1. The Hall–Kier alpha value is -1.72. The van der Waals surface area contributed by atoms with Crippen molar-refractivity contribution in [3.63, 3.8) is 0 Å². The molecule has 1 aliphatic heterocycles. The Bertz CT molecular complexity index is 581. The maximum atomic E-state index is 5.40. The van der Waals surface area contributed by atoms with Crippen LogP contribution < -0.4 is 5.32 Å². The molecule has 20 heavy (non-hydrogen) atoms. The lowest BCUT2D eigenvalue weighted by molar-refractivity contribution is 0.146. The highest BCUT2D eigenvalue weighted by atomic mass is 16.5. The fraction of sp³-hybridized carbons (Fsp3) is 0.467. The van der Waals surface area contributed by atoms with Gasteiger partial charge in [-0.15, -0.1) is 0 Å². The molecule has 1 aromatic carbocycles. The van der Waals surface area contributed by atoms with Crippen molar-refractivity contribution in [3.8, 4) is 11.4 Å². The second-order valence-corrected chi connectivity index (χ2v) is 5.35. The van der Waals surface area contributed by atoms with Crippen molar-refractivity contribution in [2.24, 2.45) is 0 Å². The van der Waals surface area contributed by atoms with Gasteiger partial charge in [0.1, 0.15) is 0 Å². The molecule has 0 saturated carbocycles. The van der Waals surface area contributed by atoms with Crippen LogP contribution >= 0.6 is 0 Å². The highest BCUT2D eigenvalue weighted by molar-refractivity contribution is 5.58. The van der Waals surface area contributed by atoms with Crippen LogP contribution in [0.4, 0.5) is 0 Å². The summed E-state index contributed by atoms with van der Waals surface area (Å²) in [5, 5.41) is 7.49. The number of hydrogen-bond donors (Lipinski definition) is 1. The van der Waals surface area contributed by atoms with Gasteiger partial charge in [-0.3, -0.25) is 4.90 Å². The fourth-order valence-corrected chi connectivity index (χ4v) is 2.54. The van der Waals surface area contributed by atoms with E-state index < -0.39 is 0 Å². The largest absolute Gasteiger partial charge is 0.338 e. The lowest BCUT2D eigenvalue weighted by Crippen LogP contribution is -2.49. The van der Waals surface area contributed by atoms with Crippen LogP contribution in [0.5, 0.6) is 0 Å². The summed E-state index contributed by atoms with van der Waals surface area (Å²) >= 11 is 0. The number of hydrogen-bond acceptors (Lipinski definition) is 5. The molecule has 2 heterocycles. The van der Waals surface area contributed by atoms with Gasteiger partial charge in [0.25, 0.3) is 0 Å². The van der Waals surface area contributed by atoms with Gasteiger partial charge >= 0.3 is 0 Å². The summed E-state index contributed by atoms with van der Waals surface area (Å²) in [6.07, 6.45) is 0. The monoisotopic (exact) mass is 272 g/mol. The number of aromatic nitrogens is 2. The van der Waals surface area contributed by atoms with Crippen molar-refractivity contribution < 1.29 is 4.52 Å². The first-order valence-corrected chi connectivity index (χ1v) is 7.07. The molecular formula is C15H20N4O. The molecule has 0 radical (unpaired) electrons. The van der Waals surface area contributed by atoms with Gasteiger partial charge in [-0.2, -0.15) is 4.98 Å². The zero-order chi connectivity index (χ0) is 13.9. The van der Waals surface area contributed by atoms with Gasteiger partial charge < -0.3 is 9.84 Å². The highest BCUT2D eigenvalue weighted by Gasteiger charge is 2.20. The Morgan fingerprint density at radius 3 is 3.05 bits per heavy atom. The molecule has 106 valence electrons. The molecule has 0 bridgehead atoms. The molecule has 0 aliphatic carbocycles. The second kappa shape index (κ2) is 5.73. The van der Waals surface area contributed by atoms with E-state index in [0.717, 1.165) is 37.3 Å². The summed E-state index contributed by atoms with van der Waals surface area (Å²) in [6, 6.07) is 8.60. The smallest absolute Gasteiger partial charge is 0.241 e. The Kier molecular flexibility index (Phi) is 3.80. The van der Waals surface area contributed by atoms with Crippen LogP contribution in [0.1, 0.15) is 18.4 Å². The van der Waals surface area contributed by atoms with Crippen molar-refractivity contribution in [3.05, 3.63) is 35.7 Å².